The van der Waals surface area contributed by atoms with E-state index in [1.807, 2.05) is 38.1 Å². The van der Waals surface area contributed by atoms with E-state index >= 15 is 0 Å². The Morgan fingerprint density at radius 3 is 2.04 bits per heavy atom. The normalized spacial score (nSPS) is 17.9. The van der Waals surface area contributed by atoms with Gasteiger partial charge >= 0.3 is 0 Å². The van der Waals surface area contributed by atoms with Gasteiger partial charge in [0.2, 0.25) is 11.8 Å². The van der Waals surface area contributed by atoms with Gasteiger partial charge in [-0.15, -0.1) is 12.4 Å². The molecular formula is C20H32ClN3O2. The molecule has 1 fully saturated rings. The molecule has 2 rings (SSSR count). The van der Waals surface area contributed by atoms with Crippen molar-refractivity contribution in [2.24, 2.45) is 17.8 Å². The Kier molecular flexibility index (Phi) is 9.66. The van der Waals surface area contributed by atoms with E-state index in [2.05, 4.69) is 22.9 Å². The maximum Gasteiger partial charge on any atom is 0.224 e. The molecule has 0 bridgehead atoms. The van der Waals surface area contributed by atoms with Crippen LogP contribution in [0.4, 0.5) is 11.4 Å². The molecule has 0 aliphatic carbocycles. The monoisotopic (exact) mass is 381 g/mol. The van der Waals surface area contributed by atoms with Crippen LogP contribution in [0.25, 0.3) is 0 Å². The van der Waals surface area contributed by atoms with Crippen molar-refractivity contribution in [3.8, 4) is 0 Å². The predicted molar refractivity (Wildman–Crippen MR) is 110 cm³/mol. The van der Waals surface area contributed by atoms with Crippen molar-refractivity contribution < 1.29 is 9.59 Å². The van der Waals surface area contributed by atoms with Crippen LogP contribution in [0.2, 0.25) is 0 Å². The fraction of sp³-hybridized carbons (Fsp3) is 0.600. The minimum atomic E-state index is 0. The molecular weight excluding hydrogens is 350 g/mol. The number of hydrogen-bond acceptors (Lipinski definition) is 3. The molecule has 6 heteroatoms. The van der Waals surface area contributed by atoms with Gasteiger partial charge < -0.3 is 16.0 Å². The quantitative estimate of drug-likeness (QED) is 0.667. The standard InChI is InChI=1S/C20H31N3O2.ClH/c1-14(2)11-19(24)22-17-6-8-18(9-7-17)23-20(25)12-15(3)16-5-4-10-21-13-16;/h6-9,14-16,21H,4-5,10-13H2,1-3H3,(H,22,24)(H,23,25);1H. The van der Waals surface area contributed by atoms with Gasteiger partial charge in [-0.25, -0.2) is 0 Å². The molecule has 1 saturated heterocycles. The number of nitrogens with one attached hydrogen (secondary N) is 3. The average molecular weight is 382 g/mol. The third-order valence-electron chi connectivity index (χ3n) is 4.69. The Bertz CT molecular complexity index is 569. The van der Waals surface area contributed by atoms with E-state index in [0.29, 0.717) is 30.6 Å². The second-order valence-corrected chi connectivity index (χ2v) is 7.56. The van der Waals surface area contributed by atoms with Crippen LogP contribution in [-0.2, 0) is 9.59 Å². The maximum absolute atomic E-state index is 12.2. The Morgan fingerprint density at radius 1 is 1.04 bits per heavy atom. The summed E-state index contributed by atoms with van der Waals surface area (Å²) < 4.78 is 0. The van der Waals surface area contributed by atoms with E-state index in [1.54, 1.807) is 0 Å². The third-order valence-corrected chi connectivity index (χ3v) is 4.69. The Labute approximate surface area is 163 Å². The van der Waals surface area contributed by atoms with Crippen molar-refractivity contribution in [2.75, 3.05) is 23.7 Å². The van der Waals surface area contributed by atoms with Crippen LogP contribution in [-0.4, -0.2) is 24.9 Å². The average Bonchev–Trinajstić information content (AvgIpc) is 2.56. The Morgan fingerprint density at radius 2 is 1.58 bits per heavy atom. The fourth-order valence-electron chi connectivity index (χ4n) is 3.26. The number of halogens is 1. The highest BCUT2D eigenvalue weighted by Gasteiger charge is 2.22. The van der Waals surface area contributed by atoms with Crippen LogP contribution in [0.1, 0.15) is 46.5 Å². The summed E-state index contributed by atoms with van der Waals surface area (Å²) >= 11 is 0. The molecule has 1 aromatic carbocycles. The summed E-state index contributed by atoms with van der Waals surface area (Å²) in [6.45, 7) is 8.30. The van der Waals surface area contributed by atoms with E-state index in [-0.39, 0.29) is 24.2 Å². The van der Waals surface area contributed by atoms with E-state index in [1.165, 1.54) is 12.8 Å². The fourth-order valence-corrected chi connectivity index (χ4v) is 3.26. The molecule has 2 atom stereocenters. The lowest BCUT2D eigenvalue weighted by molar-refractivity contribution is -0.118. The third kappa shape index (κ3) is 7.75. The first-order valence-corrected chi connectivity index (χ1v) is 9.34. The van der Waals surface area contributed by atoms with Crippen molar-refractivity contribution in [1.29, 1.82) is 0 Å². The zero-order valence-electron chi connectivity index (χ0n) is 16.0. The van der Waals surface area contributed by atoms with E-state index in [4.69, 9.17) is 0 Å². The highest BCUT2D eigenvalue weighted by molar-refractivity contribution is 5.93. The van der Waals surface area contributed by atoms with Crippen LogP contribution < -0.4 is 16.0 Å². The minimum Gasteiger partial charge on any atom is -0.326 e. The summed E-state index contributed by atoms with van der Waals surface area (Å²) in [5.74, 6) is 1.36. The molecule has 26 heavy (non-hydrogen) atoms. The van der Waals surface area contributed by atoms with Gasteiger partial charge in [-0.1, -0.05) is 20.8 Å². The van der Waals surface area contributed by atoms with Crippen LogP contribution in [0, 0.1) is 17.8 Å². The van der Waals surface area contributed by atoms with Crippen LogP contribution in [0.3, 0.4) is 0 Å². The molecule has 0 spiro atoms. The summed E-state index contributed by atoms with van der Waals surface area (Å²) in [6.07, 6.45) is 3.44. The van der Waals surface area contributed by atoms with Crippen molar-refractivity contribution in [2.45, 2.75) is 46.5 Å². The molecule has 1 heterocycles. The first-order chi connectivity index (χ1) is 11.9. The van der Waals surface area contributed by atoms with Gasteiger partial charge in [0.05, 0.1) is 0 Å². The summed E-state index contributed by atoms with van der Waals surface area (Å²) in [6, 6.07) is 7.30. The Hall–Kier alpha value is -1.59. The van der Waals surface area contributed by atoms with Gasteiger partial charge in [-0.2, -0.15) is 0 Å². The van der Waals surface area contributed by atoms with Crippen molar-refractivity contribution >= 4 is 35.6 Å². The molecule has 3 N–H and O–H groups in total. The number of benzene rings is 1. The lowest BCUT2D eigenvalue weighted by atomic mass is 9.85. The van der Waals surface area contributed by atoms with Gasteiger partial charge in [0.1, 0.15) is 0 Å². The number of carbonyl (C=O) groups is 2. The molecule has 0 saturated carbocycles. The number of rotatable bonds is 7. The van der Waals surface area contributed by atoms with Gasteiger partial charge in [0, 0.05) is 24.2 Å². The van der Waals surface area contributed by atoms with Gasteiger partial charge in [-0.05, 0) is 68.0 Å². The smallest absolute Gasteiger partial charge is 0.224 e. The number of amides is 2. The Balaban J connectivity index is 0.00000338. The molecule has 1 aliphatic heterocycles. The first kappa shape index (κ1) is 22.5. The molecule has 0 radical (unpaired) electrons. The molecule has 1 aromatic rings. The van der Waals surface area contributed by atoms with Gasteiger partial charge in [0.25, 0.3) is 0 Å². The topological polar surface area (TPSA) is 70.2 Å². The number of anilines is 2. The highest BCUT2D eigenvalue weighted by Crippen LogP contribution is 2.23. The van der Waals surface area contributed by atoms with Gasteiger partial charge in [-0.3, -0.25) is 9.59 Å². The predicted octanol–water partition coefficient (Wildman–Crippen LogP) is 4.06. The first-order valence-electron chi connectivity index (χ1n) is 9.34. The lowest BCUT2D eigenvalue weighted by Gasteiger charge is -2.28. The maximum atomic E-state index is 12.2. The van der Waals surface area contributed by atoms with E-state index in [0.717, 1.165) is 24.5 Å². The van der Waals surface area contributed by atoms with Crippen molar-refractivity contribution in [3.63, 3.8) is 0 Å². The molecule has 146 valence electrons. The summed E-state index contributed by atoms with van der Waals surface area (Å²) in [5.41, 5.74) is 1.52. The van der Waals surface area contributed by atoms with Gasteiger partial charge in [0.15, 0.2) is 0 Å². The molecule has 5 nitrogen and oxygen atoms in total. The summed E-state index contributed by atoms with van der Waals surface area (Å²) in [7, 11) is 0. The second-order valence-electron chi connectivity index (χ2n) is 7.56. The van der Waals surface area contributed by atoms with Crippen LogP contribution >= 0.6 is 12.4 Å². The van der Waals surface area contributed by atoms with Crippen molar-refractivity contribution in [3.05, 3.63) is 24.3 Å². The zero-order valence-corrected chi connectivity index (χ0v) is 16.8. The number of carbonyl (C=O) groups excluding carboxylic acids is 2. The number of hydrogen-bond donors (Lipinski definition) is 3. The molecule has 2 unspecified atom stereocenters. The lowest BCUT2D eigenvalue weighted by Crippen LogP contribution is -2.34. The summed E-state index contributed by atoms with van der Waals surface area (Å²) in [5, 5.41) is 9.23. The highest BCUT2D eigenvalue weighted by atomic mass is 35.5. The largest absolute Gasteiger partial charge is 0.326 e. The molecule has 2 amide bonds. The summed E-state index contributed by atoms with van der Waals surface area (Å²) in [4.78, 5) is 24.0. The zero-order chi connectivity index (χ0) is 18.2. The minimum absolute atomic E-state index is 0. The van der Waals surface area contributed by atoms with Crippen LogP contribution in [0.15, 0.2) is 24.3 Å². The van der Waals surface area contributed by atoms with E-state index < -0.39 is 0 Å². The molecule has 1 aliphatic rings. The van der Waals surface area contributed by atoms with Crippen LogP contribution in [0.5, 0.6) is 0 Å². The van der Waals surface area contributed by atoms with Crippen molar-refractivity contribution in [1.82, 2.24) is 5.32 Å². The molecule has 0 aromatic heterocycles. The second kappa shape index (κ2) is 11.2. The SMILES string of the molecule is CC(C)CC(=O)Nc1ccc(NC(=O)CC(C)C2CCCNC2)cc1.Cl. The number of piperidine rings is 1. The van der Waals surface area contributed by atoms with E-state index in [9.17, 15) is 9.59 Å².